The van der Waals surface area contributed by atoms with Gasteiger partial charge in [-0.2, -0.15) is 0 Å². The van der Waals surface area contributed by atoms with E-state index in [0.29, 0.717) is 0 Å². The van der Waals surface area contributed by atoms with Crippen LogP contribution in [0.3, 0.4) is 0 Å². The van der Waals surface area contributed by atoms with Crippen LogP contribution in [0.2, 0.25) is 0 Å². The van der Waals surface area contributed by atoms with Crippen LogP contribution in [0.25, 0.3) is 11.3 Å². The molecule has 0 N–H and O–H groups in total. The summed E-state index contributed by atoms with van der Waals surface area (Å²) in [7, 11) is -4.21. The Balaban J connectivity index is 2.17. The van der Waals surface area contributed by atoms with Crippen LogP contribution in [0, 0.1) is 6.92 Å². The Morgan fingerprint density at radius 1 is 1.37 bits per heavy atom. The van der Waals surface area contributed by atoms with E-state index >= 15 is 0 Å². The third kappa shape index (κ3) is 3.80. The summed E-state index contributed by atoms with van der Waals surface area (Å²) in [6, 6.07) is 5.60. The molecule has 19 heavy (non-hydrogen) atoms. The lowest BCUT2D eigenvalue weighted by Crippen LogP contribution is -2.40. The molecule has 0 atom stereocenters. The van der Waals surface area contributed by atoms with E-state index in [1.807, 2.05) is 19.1 Å². The van der Waals surface area contributed by atoms with Crippen molar-refractivity contribution in [2.75, 3.05) is 5.75 Å². The quantitative estimate of drug-likeness (QED) is 0.593. The average Bonchev–Trinajstić information content (AvgIpc) is 2.37. The molecule has 0 spiro atoms. The summed E-state index contributed by atoms with van der Waals surface area (Å²) in [5.74, 6) is -0.466. The van der Waals surface area contributed by atoms with Crippen LogP contribution < -0.4 is 4.68 Å². The van der Waals surface area contributed by atoms with Crippen molar-refractivity contribution in [3.8, 4) is 11.3 Å². The van der Waals surface area contributed by atoms with Gasteiger partial charge in [0, 0.05) is 17.8 Å². The van der Waals surface area contributed by atoms with Gasteiger partial charge >= 0.3 is 0 Å². The van der Waals surface area contributed by atoms with Crippen molar-refractivity contribution in [2.24, 2.45) is 0 Å². The number of aryl methyl sites for hydroxylation is 2. The lowest BCUT2D eigenvalue weighted by Gasteiger charge is -2.04. The van der Waals surface area contributed by atoms with Crippen molar-refractivity contribution in [2.45, 2.75) is 13.5 Å². The fourth-order valence-electron chi connectivity index (χ4n) is 1.65. The minimum absolute atomic E-state index is 0.0489. The fourth-order valence-corrected chi connectivity index (χ4v) is 2.06. The molecule has 0 aliphatic heterocycles. The van der Waals surface area contributed by atoms with Gasteiger partial charge in [0.2, 0.25) is 0 Å². The molecular weight excluding hydrogens is 266 g/mol. The molecule has 0 aliphatic rings. The molecule has 0 aliphatic carbocycles. The Kier molecular flexibility index (Phi) is 3.87. The van der Waals surface area contributed by atoms with Gasteiger partial charge in [0.15, 0.2) is 12.7 Å². The number of rotatable bonds is 4. The zero-order valence-electron chi connectivity index (χ0n) is 10.4. The standard InChI is InChI=1S/C12H13N3O3S/c1-10-3-2-5-13-12(10)11-4-6-15(14-9-11)7-8-19(16,17)18/h2-6,9H,7-8H2,1H3. The van der Waals surface area contributed by atoms with E-state index in [1.54, 1.807) is 24.7 Å². The van der Waals surface area contributed by atoms with Crippen molar-refractivity contribution in [1.29, 1.82) is 0 Å². The predicted molar refractivity (Wildman–Crippen MR) is 67.0 cm³/mol. The SMILES string of the molecule is Cc1cccnc1-c1cc[n+](CCS(=O)(=O)[O-])nc1. The van der Waals surface area contributed by atoms with E-state index in [-0.39, 0.29) is 6.54 Å². The number of nitrogens with zero attached hydrogens (tertiary/aromatic N) is 3. The van der Waals surface area contributed by atoms with Gasteiger partial charge in [-0.3, -0.25) is 4.98 Å². The van der Waals surface area contributed by atoms with E-state index in [9.17, 15) is 13.0 Å². The van der Waals surface area contributed by atoms with Gasteiger partial charge in [-0.1, -0.05) is 10.7 Å². The summed E-state index contributed by atoms with van der Waals surface area (Å²) >= 11 is 0. The zero-order chi connectivity index (χ0) is 13.9. The van der Waals surface area contributed by atoms with Crippen molar-refractivity contribution < 1.29 is 17.7 Å². The lowest BCUT2D eigenvalue weighted by molar-refractivity contribution is -0.750. The highest BCUT2D eigenvalue weighted by Gasteiger charge is 2.08. The zero-order valence-corrected chi connectivity index (χ0v) is 11.2. The van der Waals surface area contributed by atoms with Gasteiger partial charge in [0.25, 0.3) is 0 Å². The molecule has 0 unspecified atom stereocenters. The van der Waals surface area contributed by atoms with Crippen LogP contribution >= 0.6 is 0 Å². The third-order valence-corrected chi connectivity index (χ3v) is 3.31. The molecule has 0 aromatic carbocycles. The molecular formula is C12H13N3O3S. The highest BCUT2D eigenvalue weighted by Crippen LogP contribution is 2.17. The summed E-state index contributed by atoms with van der Waals surface area (Å²) in [6.07, 6.45) is 4.94. The number of pyridine rings is 1. The van der Waals surface area contributed by atoms with Crippen LogP contribution in [-0.2, 0) is 16.7 Å². The minimum atomic E-state index is -4.21. The summed E-state index contributed by atoms with van der Waals surface area (Å²) in [4.78, 5) is 4.27. The topological polar surface area (TPSA) is 86.9 Å². The maximum atomic E-state index is 10.5. The minimum Gasteiger partial charge on any atom is -0.748 e. The third-order valence-electron chi connectivity index (χ3n) is 2.62. The molecule has 7 heteroatoms. The highest BCUT2D eigenvalue weighted by molar-refractivity contribution is 7.85. The highest BCUT2D eigenvalue weighted by atomic mass is 32.2. The Hall–Kier alpha value is -1.86. The van der Waals surface area contributed by atoms with E-state index < -0.39 is 15.9 Å². The smallest absolute Gasteiger partial charge is 0.197 e. The Labute approximate surface area is 111 Å². The molecule has 2 rings (SSSR count). The normalized spacial score (nSPS) is 11.5. The van der Waals surface area contributed by atoms with E-state index in [2.05, 4.69) is 10.1 Å². The second kappa shape index (κ2) is 5.41. The molecule has 0 bridgehead atoms. The van der Waals surface area contributed by atoms with Crippen molar-refractivity contribution in [3.63, 3.8) is 0 Å². The predicted octanol–water partition coefficient (Wildman–Crippen LogP) is 0.285. The Morgan fingerprint density at radius 2 is 2.16 bits per heavy atom. The Morgan fingerprint density at radius 3 is 2.74 bits per heavy atom. The molecule has 100 valence electrons. The maximum absolute atomic E-state index is 10.5. The second-order valence-corrected chi connectivity index (χ2v) is 5.63. The van der Waals surface area contributed by atoms with Crippen LogP contribution in [0.5, 0.6) is 0 Å². The summed E-state index contributed by atoms with van der Waals surface area (Å²) in [5.41, 5.74) is 2.71. The fraction of sp³-hybridized carbons (Fsp3) is 0.250. The van der Waals surface area contributed by atoms with Crippen LogP contribution in [0.15, 0.2) is 36.8 Å². The van der Waals surface area contributed by atoms with Crippen molar-refractivity contribution in [3.05, 3.63) is 42.4 Å². The Bertz CT molecular complexity index is 669. The number of hydrogen-bond acceptors (Lipinski definition) is 5. The average molecular weight is 279 g/mol. The van der Waals surface area contributed by atoms with Crippen LogP contribution in [0.1, 0.15) is 5.56 Å². The van der Waals surface area contributed by atoms with Gasteiger partial charge in [-0.25, -0.2) is 8.42 Å². The van der Waals surface area contributed by atoms with Gasteiger partial charge in [-0.05, 0) is 23.7 Å². The lowest BCUT2D eigenvalue weighted by atomic mass is 10.1. The van der Waals surface area contributed by atoms with Gasteiger partial charge in [0.05, 0.1) is 11.4 Å². The molecule has 0 saturated heterocycles. The monoisotopic (exact) mass is 279 g/mol. The van der Waals surface area contributed by atoms with Crippen molar-refractivity contribution >= 4 is 10.1 Å². The van der Waals surface area contributed by atoms with Gasteiger partial charge in [-0.15, -0.1) is 0 Å². The number of hydrogen-bond donors (Lipinski definition) is 0. The number of aromatic nitrogens is 3. The molecule has 2 heterocycles. The van der Waals surface area contributed by atoms with Gasteiger partial charge in [0.1, 0.15) is 16.3 Å². The first-order valence-corrected chi connectivity index (χ1v) is 7.25. The van der Waals surface area contributed by atoms with E-state index in [0.717, 1.165) is 16.8 Å². The van der Waals surface area contributed by atoms with Crippen LogP contribution in [-0.4, -0.2) is 28.8 Å². The molecule has 0 saturated carbocycles. The summed E-state index contributed by atoms with van der Waals surface area (Å²) < 4.78 is 33.0. The first kappa shape index (κ1) is 13.6. The van der Waals surface area contributed by atoms with E-state index in [1.165, 1.54) is 4.68 Å². The van der Waals surface area contributed by atoms with Crippen molar-refractivity contribution in [1.82, 2.24) is 10.1 Å². The molecule has 0 radical (unpaired) electrons. The molecule has 0 amide bonds. The molecule has 6 nitrogen and oxygen atoms in total. The summed E-state index contributed by atoms with van der Waals surface area (Å²) in [6.45, 7) is 2.00. The van der Waals surface area contributed by atoms with E-state index in [4.69, 9.17) is 0 Å². The van der Waals surface area contributed by atoms with Gasteiger partial charge < -0.3 is 4.55 Å². The summed E-state index contributed by atoms with van der Waals surface area (Å²) in [5, 5.41) is 4.07. The molecule has 2 aromatic rings. The largest absolute Gasteiger partial charge is 0.748 e. The first-order chi connectivity index (χ1) is 8.96. The molecule has 0 fully saturated rings. The first-order valence-electron chi connectivity index (χ1n) is 5.67. The maximum Gasteiger partial charge on any atom is 0.197 e. The van der Waals surface area contributed by atoms with Crippen LogP contribution in [0.4, 0.5) is 0 Å². The molecule has 2 aromatic heterocycles. The second-order valence-electron chi connectivity index (χ2n) is 4.11.